The summed E-state index contributed by atoms with van der Waals surface area (Å²) in [5, 5.41) is 10.9. The zero-order valence-electron chi connectivity index (χ0n) is 9.35. The lowest BCUT2D eigenvalue weighted by Crippen LogP contribution is -2.07. The Kier molecular flexibility index (Phi) is 3.59. The molecule has 0 aliphatic carbocycles. The Bertz CT molecular complexity index is 447. The summed E-state index contributed by atoms with van der Waals surface area (Å²) in [6.45, 7) is 3.08. The third kappa shape index (κ3) is 2.43. The van der Waals surface area contributed by atoms with Gasteiger partial charge in [-0.2, -0.15) is 0 Å². The fourth-order valence-electron chi connectivity index (χ4n) is 1.63. The van der Waals surface area contributed by atoms with E-state index in [2.05, 4.69) is 0 Å². The molecule has 86 valence electrons. The lowest BCUT2D eigenvalue weighted by atomic mass is 10.1. The van der Waals surface area contributed by atoms with Gasteiger partial charge in [-0.1, -0.05) is 13.0 Å². The summed E-state index contributed by atoms with van der Waals surface area (Å²) in [7, 11) is 0. The first-order valence-corrected chi connectivity index (χ1v) is 5.54. The van der Waals surface area contributed by atoms with Crippen LogP contribution < -0.4 is 0 Å². The number of furan rings is 1. The molecule has 1 heterocycles. The highest BCUT2D eigenvalue weighted by atomic mass is 16.5. The maximum Gasteiger partial charge on any atom is 0.133 e. The normalized spacial score (nSPS) is 13.1. The summed E-state index contributed by atoms with van der Waals surface area (Å²) < 4.78 is 10.6. The predicted octanol–water partition coefficient (Wildman–Crippen LogP) is 2.89. The average Bonchev–Trinajstić information content (AvgIpc) is 2.76. The Labute approximate surface area is 94.6 Å². The van der Waals surface area contributed by atoms with Crippen LogP contribution in [0.15, 0.2) is 34.9 Å². The van der Waals surface area contributed by atoms with Crippen molar-refractivity contribution in [3.05, 3.63) is 36.1 Å². The third-order valence-electron chi connectivity index (χ3n) is 2.49. The van der Waals surface area contributed by atoms with Crippen LogP contribution >= 0.6 is 0 Å². The van der Waals surface area contributed by atoms with Crippen molar-refractivity contribution in [2.45, 2.75) is 19.4 Å². The van der Waals surface area contributed by atoms with Crippen molar-refractivity contribution in [3.63, 3.8) is 0 Å². The zero-order valence-corrected chi connectivity index (χ0v) is 9.35. The molecule has 0 saturated carbocycles. The SMILES string of the molecule is CCCOCC(O)c1ccc2occc2c1. The minimum atomic E-state index is -0.564. The van der Waals surface area contributed by atoms with Crippen LogP contribution in [-0.2, 0) is 4.74 Å². The second-order valence-electron chi connectivity index (χ2n) is 3.81. The van der Waals surface area contributed by atoms with Crippen molar-refractivity contribution < 1.29 is 14.3 Å². The monoisotopic (exact) mass is 220 g/mol. The highest BCUT2D eigenvalue weighted by Crippen LogP contribution is 2.21. The maximum absolute atomic E-state index is 9.89. The van der Waals surface area contributed by atoms with E-state index in [-0.39, 0.29) is 0 Å². The summed E-state index contributed by atoms with van der Waals surface area (Å²) in [6.07, 6.45) is 2.05. The fourth-order valence-corrected chi connectivity index (χ4v) is 1.63. The molecule has 0 amide bonds. The minimum Gasteiger partial charge on any atom is -0.464 e. The molecule has 0 saturated heterocycles. The van der Waals surface area contributed by atoms with E-state index in [1.54, 1.807) is 6.26 Å². The van der Waals surface area contributed by atoms with Crippen LogP contribution in [0.4, 0.5) is 0 Å². The number of benzene rings is 1. The molecule has 0 radical (unpaired) electrons. The smallest absolute Gasteiger partial charge is 0.133 e. The van der Waals surface area contributed by atoms with E-state index in [1.807, 2.05) is 31.2 Å². The topological polar surface area (TPSA) is 42.6 Å². The number of hydrogen-bond donors (Lipinski definition) is 1. The molecule has 1 aromatic heterocycles. The van der Waals surface area contributed by atoms with Gasteiger partial charge in [0.15, 0.2) is 0 Å². The van der Waals surface area contributed by atoms with Gasteiger partial charge in [0, 0.05) is 12.0 Å². The van der Waals surface area contributed by atoms with Crippen molar-refractivity contribution in [2.24, 2.45) is 0 Å². The van der Waals surface area contributed by atoms with Gasteiger partial charge in [-0.05, 0) is 30.2 Å². The van der Waals surface area contributed by atoms with Crippen LogP contribution in [0.5, 0.6) is 0 Å². The molecule has 0 fully saturated rings. The standard InChI is InChI=1S/C13H16O3/c1-2-6-15-9-12(14)10-3-4-13-11(8-10)5-7-16-13/h3-5,7-8,12,14H,2,6,9H2,1H3. The molecule has 1 unspecified atom stereocenters. The van der Waals surface area contributed by atoms with E-state index in [4.69, 9.17) is 9.15 Å². The number of aliphatic hydroxyl groups is 1. The van der Waals surface area contributed by atoms with Gasteiger partial charge < -0.3 is 14.3 Å². The number of rotatable bonds is 5. The number of hydrogen-bond acceptors (Lipinski definition) is 3. The average molecular weight is 220 g/mol. The molecule has 2 rings (SSSR count). The second kappa shape index (κ2) is 5.14. The van der Waals surface area contributed by atoms with Gasteiger partial charge in [0.05, 0.1) is 12.9 Å². The molecule has 0 aliphatic heterocycles. The van der Waals surface area contributed by atoms with E-state index in [0.717, 1.165) is 23.0 Å². The van der Waals surface area contributed by atoms with E-state index in [9.17, 15) is 5.11 Å². The van der Waals surface area contributed by atoms with E-state index >= 15 is 0 Å². The van der Waals surface area contributed by atoms with Crippen molar-refractivity contribution in [2.75, 3.05) is 13.2 Å². The molecule has 0 spiro atoms. The summed E-state index contributed by atoms with van der Waals surface area (Å²) in [5.74, 6) is 0. The van der Waals surface area contributed by atoms with Crippen LogP contribution in [0.3, 0.4) is 0 Å². The Morgan fingerprint density at radius 2 is 2.25 bits per heavy atom. The first-order chi connectivity index (χ1) is 7.81. The number of ether oxygens (including phenoxy) is 1. The van der Waals surface area contributed by atoms with Gasteiger partial charge in [0.1, 0.15) is 11.7 Å². The first-order valence-electron chi connectivity index (χ1n) is 5.54. The van der Waals surface area contributed by atoms with Crippen LogP contribution in [-0.4, -0.2) is 18.3 Å². The van der Waals surface area contributed by atoms with E-state index < -0.39 is 6.10 Å². The van der Waals surface area contributed by atoms with Gasteiger partial charge in [0.25, 0.3) is 0 Å². The van der Waals surface area contributed by atoms with Gasteiger partial charge in [-0.15, -0.1) is 0 Å². The zero-order chi connectivity index (χ0) is 11.4. The number of fused-ring (bicyclic) bond motifs is 1. The first kappa shape index (κ1) is 11.2. The Balaban J connectivity index is 2.07. The molecule has 1 aromatic carbocycles. The molecule has 16 heavy (non-hydrogen) atoms. The quantitative estimate of drug-likeness (QED) is 0.788. The molecule has 3 nitrogen and oxygen atoms in total. The van der Waals surface area contributed by atoms with Crippen LogP contribution in [0.25, 0.3) is 11.0 Å². The molecule has 1 N–H and O–H groups in total. The van der Waals surface area contributed by atoms with Crippen molar-refractivity contribution in [1.29, 1.82) is 0 Å². The summed E-state index contributed by atoms with van der Waals surface area (Å²) >= 11 is 0. The highest BCUT2D eigenvalue weighted by molar-refractivity contribution is 5.77. The van der Waals surface area contributed by atoms with Gasteiger partial charge in [0.2, 0.25) is 0 Å². The van der Waals surface area contributed by atoms with Crippen LogP contribution in [0.2, 0.25) is 0 Å². The minimum absolute atomic E-state index is 0.344. The van der Waals surface area contributed by atoms with E-state index in [0.29, 0.717) is 13.2 Å². The van der Waals surface area contributed by atoms with Crippen LogP contribution in [0, 0.1) is 0 Å². The van der Waals surface area contributed by atoms with Crippen molar-refractivity contribution >= 4 is 11.0 Å². The Morgan fingerprint density at radius 3 is 3.06 bits per heavy atom. The third-order valence-corrected chi connectivity index (χ3v) is 2.49. The molecule has 3 heteroatoms. The predicted molar refractivity (Wildman–Crippen MR) is 62.3 cm³/mol. The summed E-state index contributed by atoms with van der Waals surface area (Å²) in [4.78, 5) is 0. The lowest BCUT2D eigenvalue weighted by molar-refractivity contribution is 0.0364. The van der Waals surface area contributed by atoms with Gasteiger partial charge in [-0.3, -0.25) is 0 Å². The molecule has 1 atom stereocenters. The molecular formula is C13H16O3. The van der Waals surface area contributed by atoms with Crippen molar-refractivity contribution in [1.82, 2.24) is 0 Å². The molecule has 2 aromatic rings. The number of aliphatic hydroxyl groups excluding tert-OH is 1. The highest BCUT2D eigenvalue weighted by Gasteiger charge is 2.08. The largest absolute Gasteiger partial charge is 0.464 e. The molecular weight excluding hydrogens is 204 g/mol. The van der Waals surface area contributed by atoms with Crippen LogP contribution in [0.1, 0.15) is 25.0 Å². The Hall–Kier alpha value is -1.32. The van der Waals surface area contributed by atoms with E-state index in [1.165, 1.54) is 0 Å². The summed E-state index contributed by atoms with van der Waals surface area (Å²) in [5.41, 5.74) is 1.70. The van der Waals surface area contributed by atoms with Gasteiger partial charge >= 0.3 is 0 Å². The van der Waals surface area contributed by atoms with Gasteiger partial charge in [-0.25, -0.2) is 0 Å². The molecule has 0 bridgehead atoms. The maximum atomic E-state index is 9.89. The molecule has 0 aliphatic rings. The lowest BCUT2D eigenvalue weighted by Gasteiger charge is -2.11. The summed E-state index contributed by atoms with van der Waals surface area (Å²) in [6, 6.07) is 7.55. The van der Waals surface area contributed by atoms with Crippen molar-refractivity contribution in [3.8, 4) is 0 Å². The fraction of sp³-hybridized carbons (Fsp3) is 0.385. The second-order valence-corrected chi connectivity index (χ2v) is 3.81. The Morgan fingerprint density at radius 1 is 1.38 bits per heavy atom.